The van der Waals surface area contributed by atoms with Crippen molar-refractivity contribution in [3.63, 3.8) is 0 Å². The lowest BCUT2D eigenvalue weighted by Gasteiger charge is -2.59. The van der Waals surface area contributed by atoms with Crippen molar-refractivity contribution in [3.8, 4) is 0 Å². The Hall–Kier alpha value is -0.560. The first-order valence-electron chi connectivity index (χ1n) is 14.2. The van der Waals surface area contributed by atoms with Crippen molar-refractivity contribution in [2.24, 2.45) is 46.3 Å². The van der Waals surface area contributed by atoms with Crippen molar-refractivity contribution in [2.75, 3.05) is 6.61 Å². The number of aliphatic hydroxyl groups excluding tert-OH is 1. The van der Waals surface area contributed by atoms with Crippen LogP contribution in [0.15, 0.2) is 11.6 Å². The molecule has 9 unspecified atom stereocenters. The fourth-order valence-electron chi connectivity index (χ4n) is 9.11. The van der Waals surface area contributed by atoms with Gasteiger partial charge in [0.05, 0.1) is 12.7 Å². The fourth-order valence-corrected chi connectivity index (χ4v) is 9.96. The van der Waals surface area contributed by atoms with E-state index < -0.39 is 33.0 Å². The van der Waals surface area contributed by atoms with Crippen molar-refractivity contribution in [1.29, 1.82) is 0 Å². The van der Waals surface area contributed by atoms with E-state index in [1.165, 1.54) is 0 Å². The maximum Gasteiger partial charge on any atom is 0.397 e. The number of allylic oxidation sites excluding steroid dienone is 1. The molecule has 3 N–H and O–H groups in total. The molecule has 0 spiro atoms. The highest BCUT2D eigenvalue weighted by Gasteiger charge is 2.60. The molecule has 4 aliphatic carbocycles. The van der Waals surface area contributed by atoms with Gasteiger partial charge < -0.3 is 5.11 Å². The Bertz CT molecular complexity index is 1100. The molecule has 220 valence electrons. The highest BCUT2D eigenvalue weighted by molar-refractivity contribution is 7.81. The summed E-state index contributed by atoms with van der Waals surface area (Å²) in [5, 5.41) is 10.8. The average molecular weight is 579 g/mol. The number of rotatable bonds is 10. The molecule has 0 bridgehead atoms. The topological polar surface area (TPSA) is 147 Å². The van der Waals surface area contributed by atoms with Crippen LogP contribution >= 0.6 is 0 Å². The van der Waals surface area contributed by atoms with Gasteiger partial charge in [-0.15, -0.1) is 0 Å². The molecule has 0 aliphatic heterocycles. The fraction of sp³-hybridized carbons (Fsp3) is 0.926. The first-order valence-corrected chi connectivity index (χ1v) is 16.9. The molecule has 4 rings (SSSR count). The molecule has 9 atom stereocenters. The largest absolute Gasteiger partial charge is 0.397 e. The van der Waals surface area contributed by atoms with Gasteiger partial charge in [-0.3, -0.25) is 9.11 Å². The minimum absolute atomic E-state index is 0.0150. The molecule has 3 saturated carbocycles. The van der Waals surface area contributed by atoms with Crippen molar-refractivity contribution in [1.82, 2.24) is 0 Å². The van der Waals surface area contributed by atoms with Gasteiger partial charge in [0.1, 0.15) is 6.10 Å². The predicted octanol–water partition coefficient (Wildman–Crippen LogP) is 4.99. The summed E-state index contributed by atoms with van der Waals surface area (Å²) >= 11 is 0. The molecule has 11 heteroatoms. The molecule has 38 heavy (non-hydrogen) atoms. The van der Waals surface area contributed by atoms with Crippen LogP contribution in [0, 0.1) is 46.3 Å². The van der Waals surface area contributed by atoms with Gasteiger partial charge in [-0.25, -0.2) is 8.37 Å². The SMILES string of the molecule is CC(C)CCCC(COS(=O)(=O)O)C1CCC2C3CC=C4CC(OS(=O)(=O)O)C(O)CC4(C)C3CCC12C. The Labute approximate surface area is 228 Å². The van der Waals surface area contributed by atoms with Crippen LogP contribution in [0.2, 0.25) is 0 Å². The highest BCUT2D eigenvalue weighted by atomic mass is 32.3. The lowest BCUT2D eigenvalue weighted by Crippen LogP contribution is -2.54. The summed E-state index contributed by atoms with van der Waals surface area (Å²) in [7, 11) is -9.14. The van der Waals surface area contributed by atoms with Crippen LogP contribution in [0.3, 0.4) is 0 Å². The van der Waals surface area contributed by atoms with Gasteiger partial charge in [0, 0.05) is 0 Å². The van der Waals surface area contributed by atoms with Crippen LogP contribution in [0.25, 0.3) is 0 Å². The Kier molecular flexibility index (Phi) is 8.82. The predicted molar refractivity (Wildman–Crippen MR) is 143 cm³/mol. The molecule has 0 radical (unpaired) electrons. The maximum atomic E-state index is 11.4. The van der Waals surface area contributed by atoms with Crippen LogP contribution in [-0.2, 0) is 29.2 Å². The smallest absolute Gasteiger partial charge is 0.390 e. The summed E-state index contributed by atoms with van der Waals surface area (Å²) < 4.78 is 73.7. The normalized spacial score (nSPS) is 40.3. The summed E-state index contributed by atoms with van der Waals surface area (Å²) in [6, 6.07) is 0. The molecule has 0 aromatic rings. The molecule has 3 fully saturated rings. The second-order valence-corrected chi connectivity index (χ2v) is 15.5. The lowest BCUT2D eigenvalue weighted by atomic mass is 9.46. The van der Waals surface area contributed by atoms with E-state index in [0.29, 0.717) is 36.0 Å². The second kappa shape index (κ2) is 11.0. The van der Waals surface area contributed by atoms with Crippen molar-refractivity contribution in [2.45, 2.75) is 104 Å². The molecule has 0 amide bonds. The molecule has 0 aromatic carbocycles. The molecule has 0 saturated heterocycles. The van der Waals surface area contributed by atoms with Crippen LogP contribution in [0.1, 0.15) is 91.9 Å². The van der Waals surface area contributed by atoms with Gasteiger partial charge in [0.25, 0.3) is 0 Å². The molecule has 0 aromatic heterocycles. The summed E-state index contributed by atoms with van der Waals surface area (Å²) in [5.41, 5.74) is 0.896. The van der Waals surface area contributed by atoms with E-state index >= 15 is 0 Å². The van der Waals surface area contributed by atoms with Gasteiger partial charge in [-0.2, -0.15) is 16.8 Å². The number of hydrogen-bond donors (Lipinski definition) is 3. The summed E-state index contributed by atoms with van der Waals surface area (Å²) in [5.74, 6) is 2.18. The van der Waals surface area contributed by atoms with E-state index in [1.54, 1.807) is 0 Å². The van der Waals surface area contributed by atoms with Gasteiger partial charge >= 0.3 is 20.8 Å². The van der Waals surface area contributed by atoms with Crippen molar-refractivity contribution < 1.29 is 39.4 Å². The lowest BCUT2D eigenvalue weighted by molar-refractivity contribution is -0.0865. The summed E-state index contributed by atoms with van der Waals surface area (Å²) in [6.45, 7) is 8.93. The van der Waals surface area contributed by atoms with E-state index in [4.69, 9.17) is 12.9 Å². The summed E-state index contributed by atoms with van der Waals surface area (Å²) in [6.07, 6.45) is 8.82. The van der Waals surface area contributed by atoms with Crippen LogP contribution < -0.4 is 0 Å². The molecule has 4 aliphatic rings. The monoisotopic (exact) mass is 578 g/mol. The zero-order valence-electron chi connectivity index (χ0n) is 23.1. The number of hydrogen-bond acceptors (Lipinski definition) is 7. The number of fused-ring (bicyclic) bond motifs is 5. The zero-order chi connectivity index (χ0) is 28.1. The third kappa shape index (κ3) is 6.34. The third-order valence-corrected chi connectivity index (χ3v) is 11.7. The Morgan fingerprint density at radius 1 is 1.03 bits per heavy atom. The van der Waals surface area contributed by atoms with E-state index in [0.717, 1.165) is 56.9 Å². The molecular weight excluding hydrogens is 532 g/mol. The van der Waals surface area contributed by atoms with Gasteiger partial charge in [-0.05, 0) is 97.7 Å². The van der Waals surface area contributed by atoms with E-state index in [9.17, 15) is 26.5 Å². The van der Waals surface area contributed by atoms with E-state index in [1.807, 2.05) is 0 Å². The van der Waals surface area contributed by atoms with Crippen LogP contribution in [-0.4, -0.2) is 49.9 Å². The van der Waals surface area contributed by atoms with Gasteiger partial charge in [-0.1, -0.05) is 52.2 Å². The third-order valence-electron chi connectivity index (χ3n) is 10.8. The maximum absolute atomic E-state index is 11.4. The minimum Gasteiger partial charge on any atom is -0.390 e. The van der Waals surface area contributed by atoms with Crippen molar-refractivity contribution in [3.05, 3.63) is 11.6 Å². The van der Waals surface area contributed by atoms with Gasteiger partial charge in [0.15, 0.2) is 0 Å². The summed E-state index contributed by atoms with van der Waals surface area (Å²) in [4.78, 5) is 0. The van der Waals surface area contributed by atoms with Crippen LogP contribution in [0.4, 0.5) is 0 Å². The van der Waals surface area contributed by atoms with E-state index in [2.05, 4.69) is 33.8 Å². The van der Waals surface area contributed by atoms with E-state index in [-0.39, 0.29) is 29.8 Å². The van der Waals surface area contributed by atoms with Crippen molar-refractivity contribution >= 4 is 20.8 Å². The average Bonchev–Trinajstić information content (AvgIpc) is 3.12. The molecular formula is C27H46O9S2. The quantitative estimate of drug-likeness (QED) is 0.241. The highest BCUT2D eigenvalue weighted by Crippen LogP contribution is 2.67. The number of aliphatic hydroxyl groups is 1. The molecule has 0 heterocycles. The Morgan fingerprint density at radius 3 is 2.37 bits per heavy atom. The standard InChI is InChI=1S/C27H46O9S2/c1-17(2)6-5-7-18(16-35-37(29,30)31)21-10-11-22-20-9-8-19-14-25(36-38(32,33)34)24(28)15-27(19,4)23(20)12-13-26(21,22)3/h8,17-18,20-25,28H,5-7,9-16H2,1-4H3,(H,29,30,31)(H,32,33,34). The minimum atomic E-state index is -4.65. The second-order valence-electron chi connectivity index (χ2n) is 13.3. The first kappa shape index (κ1) is 30.4. The zero-order valence-corrected chi connectivity index (χ0v) is 24.7. The molecule has 9 nitrogen and oxygen atoms in total. The Morgan fingerprint density at radius 2 is 1.74 bits per heavy atom. The Balaban J connectivity index is 1.54. The van der Waals surface area contributed by atoms with Gasteiger partial charge in [0.2, 0.25) is 0 Å². The van der Waals surface area contributed by atoms with Crippen LogP contribution in [0.5, 0.6) is 0 Å². The first-order chi connectivity index (χ1) is 17.5.